The summed E-state index contributed by atoms with van der Waals surface area (Å²) in [4.78, 5) is 11.6. The lowest BCUT2D eigenvalue weighted by Crippen LogP contribution is -2.14. The predicted molar refractivity (Wildman–Crippen MR) is 64.9 cm³/mol. The van der Waals surface area contributed by atoms with Gasteiger partial charge in [0, 0.05) is 19.6 Å². The first-order valence-electron chi connectivity index (χ1n) is 6.02. The van der Waals surface area contributed by atoms with Gasteiger partial charge in [0.2, 0.25) is 5.91 Å². The minimum Gasteiger partial charge on any atom is -0.505 e. The van der Waals surface area contributed by atoms with E-state index in [1.54, 1.807) is 0 Å². The van der Waals surface area contributed by atoms with Crippen molar-refractivity contribution in [3.63, 3.8) is 0 Å². The van der Waals surface area contributed by atoms with E-state index < -0.39 is 11.6 Å². The number of halogens is 1. The van der Waals surface area contributed by atoms with Crippen molar-refractivity contribution in [2.24, 2.45) is 5.92 Å². The van der Waals surface area contributed by atoms with Crippen molar-refractivity contribution < 1.29 is 19.0 Å². The van der Waals surface area contributed by atoms with Crippen LogP contribution in [-0.2, 0) is 9.53 Å². The molecule has 1 aliphatic heterocycles. The molecule has 0 aromatic heterocycles. The third-order valence-electron chi connectivity index (χ3n) is 3.06. The van der Waals surface area contributed by atoms with E-state index in [0.717, 1.165) is 19.4 Å². The molecule has 1 saturated heterocycles. The highest BCUT2D eigenvalue weighted by Gasteiger charge is 2.17. The molecule has 1 aromatic rings. The van der Waals surface area contributed by atoms with Crippen LogP contribution in [0.25, 0.3) is 0 Å². The molecule has 5 heteroatoms. The molecule has 0 spiro atoms. The number of ether oxygens (including phenoxy) is 1. The normalized spacial score (nSPS) is 18.8. The summed E-state index contributed by atoms with van der Waals surface area (Å²) in [5.41, 5.74) is 0.0164. The summed E-state index contributed by atoms with van der Waals surface area (Å²) in [7, 11) is 0. The summed E-state index contributed by atoms with van der Waals surface area (Å²) in [6.07, 6.45) is 2.06. The first-order chi connectivity index (χ1) is 8.66. The van der Waals surface area contributed by atoms with Crippen molar-refractivity contribution in [3.05, 3.63) is 24.0 Å². The number of amides is 1. The quantitative estimate of drug-likeness (QED) is 0.865. The average molecular weight is 253 g/mol. The van der Waals surface area contributed by atoms with E-state index in [2.05, 4.69) is 5.32 Å². The monoisotopic (exact) mass is 253 g/mol. The van der Waals surface area contributed by atoms with Gasteiger partial charge in [0.25, 0.3) is 0 Å². The van der Waals surface area contributed by atoms with Gasteiger partial charge in [0.1, 0.15) is 0 Å². The van der Waals surface area contributed by atoms with E-state index in [1.165, 1.54) is 18.2 Å². The van der Waals surface area contributed by atoms with E-state index in [-0.39, 0.29) is 11.6 Å². The Morgan fingerprint density at radius 3 is 3.11 bits per heavy atom. The van der Waals surface area contributed by atoms with Gasteiger partial charge in [-0.05, 0) is 30.9 Å². The number of aromatic hydroxyl groups is 1. The third-order valence-corrected chi connectivity index (χ3v) is 3.06. The van der Waals surface area contributed by atoms with Crippen molar-refractivity contribution in [2.75, 3.05) is 18.5 Å². The maximum absolute atomic E-state index is 13.4. The summed E-state index contributed by atoms with van der Waals surface area (Å²) in [6.45, 7) is 1.46. The van der Waals surface area contributed by atoms with E-state index in [1.807, 2.05) is 0 Å². The Morgan fingerprint density at radius 2 is 2.39 bits per heavy atom. The molecule has 0 aliphatic carbocycles. The SMILES string of the molecule is O=C(CCC1CCOC1)Nc1cccc(O)c1F. The van der Waals surface area contributed by atoms with E-state index in [0.29, 0.717) is 18.9 Å². The third kappa shape index (κ3) is 3.20. The Labute approximate surface area is 105 Å². The second-order valence-electron chi connectivity index (χ2n) is 4.46. The van der Waals surface area contributed by atoms with Crippen LogP contribution < -0.4 is 5.32 Å². The number of phenolic OH excluding ortho intramolecular Hbond substituents is 1. The van der Waals surface area contributed by atoms with Crippen LogP contribution in [0.5, 0.6) is 5.75 Å². The lowest BCUT2D eigenvalue weighted by atomic mass is 10.0. The molecule has 2 N–H and O–H groups in total. The highest BCUT2D eigenvalue weighted by molar-refractivity contribution is 5.91. The largest absolute Gasteiger partial charge is 0.505 e. The van der Waals surface area contributed by atoms with Gasteiger partial charge in [-0.15, -0.1) is 0 Å². The average Bonchev–Trinajstić information content (AvgIpc) is 2.86. The van der Waals surface area contributed by atoms with Crippen LogP contribution in [0.3, 0.4) is 0 Å². The smallest absolute Gasteiger partial charge is 0.224 e. The molecule has 0 bridgehead atoms. The minimum atomic E-state index is -0.796. The molecule has 0 saturated carbocycles. The maximum atomic E-state index is 13.4. The Morgan fingerprint density at radius 1 is 1.56 bits per heavy atom. The number of anilines is 1. The van der Waals surface area contributed by atoms with Crippen molar-refractivity contribution in [1.82, 2.24) is 0 Å². The van der Waals surface area contributed by atoms with Crippen LogP contribution in [0.2, 0.25) is 0 Å². The molecule has 4 nitrogen and oxygen atoms in total. The summed E-state index contributed by atoms with van der Waals surface area (Å²) < 4.78 is 18.6. The highest BCUT2D eigenvalue weighted by atomic mass is 19.1. The number of benzene rings is 1. The molecular weight excluding hydrogens is 237 g/mol. The molecule has 1 heterocycles. The fourth-order valence-corrected chi connectivity index (χ4v) is 1.98. The lowest BCUT2D eigenvalue weighted by Gasteiger charge is -2.09. The van der Waals surface area contributed by atoms with E-state index in [4.69, 9.17) is 4.74 Å². The van der Waals surface area contributed by atoms with Crippen LogP contribution in [0, 0.1) is 11.7 Å². The maximum Gasteiger partial charge on any atom is 0.224 e. The molecule has 1 amide bonds. The number of phenols is 1. The lowest BCUT2D eigenvalue weighted by molar-refractivity contribution is -0.116. The summed E-state index contributed by atoms with van der Waals surface area (Å²) in [6, 6.07) is 4.14. The first kappa shape index (κ1) is 12.8. The van der Waals surface area contributed by atoms with Gasteiger partial charge < -0.3 is 15.2 Å². The fraction of sp³-hybridized carbons (Fsp3) is 0.462. The van der Waals surface area contributed by atoms with Crippen LogP contribution in [0.4, 0.5) is 10.1 Å². The molecule has 1 aromatic carbocycles. The zero-order chi connectivity index (χ0) is 13.0. The topological polar surface area (TPSA) is 58.6 Å². The van der Waals surface area contributed by atoms with Crippen molar-refractivity contribution in [2.45, 2.75) is 19.3 Å². The Hall–Kier alpha value is -1.62. The molecular formula is C13H16FNO3. The standard InChI is InChI=1S/C13H16FNO3/c14-13-10(2-1-3-11(13)16)15-12(17)5-4-9-6-7-18-8-9/h1-3,9,16H,4-8H2,(H,15,17). The number of carbonyl (C=O) groups is 1. The predicted octanol–water partition coefficient (Wildman–Crippen LogP) is 2.29. The molecule has 1 atom stereocenters. The molecule has 18 heavy (non-hydrogen) atoms. The van der Waals surface area contributed by atoms with Gasteiger partial charge in [0.15, 0.2) is 11.6 Å². The van der Waals surface area contributed by atoms with Gasteiger partial charge in [-0.25, -0.2) is 4.39 Å². The highest BCUT2D eigenvalue weighted by Crippen LogP contribution is 2.23. The van der Waals surface area contributed by atoms with Crippen LogP contribution in [0.1, 0.15) is 19.3 Å². The zero-order valence-electron chi connectivity index (χ0n) is 9.99. The second-order valence-corrected chi connectivity index (χ2v) is 4.46. The molecule has 0 radical (unpaired) electrons. The zero-order valence-corrected chi connectivity index (χ0v) is 9.99. The van der Waals surface area contributed by atoms with Crippen LogP contribution >= 0.6 is 0 Å². The number of carbonyl (C=O) groups excluding carboxylic acids is 1. The Balaban J connectivity index is 1.84. The first-order valence-corrected chi connectivity index (χ1v) is 6.02. The summed E-state index contributed by atoms with van der Waals surface area (Å²) >= 11 is 0. The van der Waals surface area contributed by atoms with Gasteiger partial charge in [-0.2, -0.15) is 0 Å². The van der Waals surface area contributed by atoms with Crippen molar-refractivity contribution in [3.8, 4) is 5.75 Å². The summed E-state index contributed by atoms with van der Waals surface area (Å²) in [5.74, 6) is -1.08. The molecule has 1 unspecified atom stereocenters. The van der Waals surface area contributed by atoms with E-state index >= 15 is 0 Å². The number of hydrogen-bond acceptors (Lipinski definition) is 3. The van der Waals surface area contributed by atoms with Gasteiger partial charge in [-0.3, -0.25) is 4.79 Å². The fourth-order valence-electron chi connectivity index (χ4n) is 1.98. The number of rotatable bonds is 4. The van der Waals surface area contributed by atoms with Gasteiger partial charge in [0.05, 0.1) is 5.69 Å². The van der Waals surface area contributed by atoms with Crippen LogP contribution in [-0.4, -0.2) is 24.2 Å². The molecule has 98 valence electrons. The van der Waals surface area contributed by atoms with Crippen LogP contribution in [0.15, 0.2) is 18.2 Å². The second kappa shape index (κ2) is 5.82. The molecule has 1 fully saturated rings. The minimum absolute atomic E-state index is 0.0164. The molecule has 1 aliphatic rings. The van der Waals surface area contributed by atoms with Gasteiger partial charge in [-0.1, -0.05) is 6.07 Å². The summed E-state index contributed by atoms with van der Waals surface area (Å²) in [5, 5.41) is 11.6. The Kier molecular flexibility index (Phi) is 4.15. The van der Waals surface area contributed by atoms with Crippen molar-refractivity contribution >= 4 is 11.6 Å². The Bertz CT molecular complexity index is 430. The number of hydrogen-bond donors (Lipinski definition) is 2. The van der Waals surface area contributed by atoms with Gasteiger partial charge >= 0.3 is 0 Å². The van der Waals surface area contributed by atoms with Crippen molar-refractivity contribution in [1.29, 1.82) is 0 Å². The molecule has 2 rings (SSSR count). The van der Waals surface area contributed by atoms with E-state index in [9.17, 15) is 14.3 Å². The number of nitrogens with one attached hydrogen (secondary N) is 1.